The molecule has 0 fully saturated rings. The van der Waals surface area contributed by atoms with Crippen LogP contribution >= 0.6 is 22.9 Å². The monoisotopic (exact) mass is 147 g/mol. The zero-order chi connectivity index (χ0) is 5.98. The molecule has 42 valence electrons. The van der Waals surface area contributed by atoms with Crippen molar-refractivity contribution in [3.63, 3.8) is 0 Å². The molecule has 0 bridgehead atoms. The third-order valence-corrected chi connectivity index (χ3v) is 1.48. The van der Waals surface area contributed by atoms with E-state index in [4.69, 9.17) is 11.6 Å². The largest absolute Gasteiger partial charge is 0.272 e. The summed E-state index contributed by atoms with van der Waals surface area (Å²) >= 11 is 6.59. The molecule has 0 aromatic carbocycles. The van der Waals surface area contributed by atoms with Crippen molar-refractivity contribution in [3.05, 3.63) is 26.3 Å². The molecule has 1 aromatic heterocycles. The van der Waals surface area contributed by atoms with Gasteiger partial charge in [0.25, 0.3) is 5.56 Å². The van der Waals surface area contributed by atoms with E-state index in [9.17, 15) is 4.79 Å². The van der Waals surface area contributed by atoms with Crippen molar-refractivity contribution in [2.75, 3.05) is 0 Å². The fourth-order valence-corrected chi connectivity index (χ4v) is 0.976. The normalized spacial score (nSPS) is 9.12. The highest BCUT2D eigenvalue weighted by Gasteiger charge is 1.85. The molecule has 0 saturated carbocycles. The van der Waals surface area contributed by atoms with Crippen LogP contribution in [0.3, 0.4) is 0 Å². The first-order valence-electron chi connectivity index (χ1n) is 1.90. The number of hydrogen-bond donors (Lipinski definition) is 0. The Kier molecular flexibility index (Phi) is 1.60. The van der Waals surface area contributed by atoms with Crippen molar-refractivity contribution in [1.82, 2.24) is 4.98 Å². The number of rotatable bonds is 0. The van der Waals surface area contributed by atoms with Crippen molar-refractivity contribution >= 4 is 22.9 Å². The highest BCUT2D eigenvalue weighted by Crippen LogP contribution is 2.05. The van der Waals surface area contributed by atoms with Crippen LogP contribution < -0.4 is 5.56 Å². The van der Waals surface area contributed by atoms with Crippen LogP contribution in [0.4, 0.5) is 0 Å². The highest BCUT2D eigenvalue weighted by atomic mass is 35.5. The van der Waals surface area contributed by atoms with Crippen LogP contribution in [0.25, 0.3) is 0 Å². The Bertz CT molecular complexity index is 233. The smallest absolute Gasteiger partial charge is 0.267 e. The van der Waals surface area contributed by atoms with E-state index in [0.29, 0.717) is 0 Å². The summed E-state index contributed by atoms with van der Waals surface area (Å²) in [5, 5.41) is 1.61. The lowest BCUT2D eigenvalue weighted by atomic mass is 10.7. The van der Waals surface area contributed by atoms with E-state index < -0.39 is 0 Å². The SMILES string of the molecule is O=c1ccsc(Cl)n1. The lowest BCUT2D eigenvalue weighted by molar-refractivity contribution is 1.28. The summed E-state index contributed by atoms with van der Waals surface area (Å²) in [6.45, 7) is 0. The summed E-state index contributed by atoms with van der Waals surface area (Å²) in [6.07, 6.45) is 0. The zero-order valence-corrected chi connectivity index (χ0v) is 5.37. The molecule has 0 aliphatic carbocycles. The van der Waals surface area contributed by atoms with E-state index in [-0.39, 0.29) is 10.0 Å². The van der Waals surface area contributed by atoms with E-state index in [1.807, 2.05) is 0 Å². The van der Waals surface area contributed by atoms with Gasteiger partial charge in [-0.25, -0.2) is 0 Å². The lowest BCUT2D eigenvalue weighted by Gasteiger charge is -1.78. The summed E-state index contributed by atoms with van der Waals surface area (Å²) in [6, 6.07) is 1.37. The Morgan fingerprint density at radius 1 is 1.75 bits per heavy atom. The van der Waals surface area contributed by atoms with Gasteiger partial charge < -0.3 is 0 Å². The van der Waals surface area contributed by atoms with E-state index in [1.54, 1.807) is 5.38 Å². The van der Waals surface area contributed by atoms with Gasteiger partial charge in [-0.1, -0.05) is 11.6 Å². The van der Waals surface area contributed by atoms with Crippen LogP contribution in [0.5, 0.6) is 0 Å². The van der Waals surface area contributed by atoms with E-state index in [0.717, 1.165) is 0 Å². The molecule has 0 saturated heterocycles. The van der Waals surface area contributed by atoms with E-state index in [1.165, 1.54) is 17.4 Å². The quantitative estimate of drug-likeness (QED) is 0.551. The molecule has 0 N–H and O–H groups in total. The second-order valence-electron chi connectivity index (χ2n) is 1.12. The molecule has 0 radical (unpaired) electrons. The molecule has 0 aliphatic rings. The fraction of sp³-hybridized carbons (Fsp3) is 0. The van der Waals surface area contributed by atoms with E-state index >= 15 is 0 Å². The van der Waals surface area contributed by atoms with Crippen molar-refractivity contribution in [1.29, 1.82) is 0 Å². The number of nitrogens with zero attached hydrogens (tertiary/aromatic N) is 1. The predicted molar refractivity (Wildman–Crippen MR) is 33.4 cm³/mol. The van der Waals surface area contributed by atoms with Crippen molar-refractivity contribution in [2.24, 2.45) is 0 Å². The number of hydrogen-bond acceptors (Lipinski definition) is 3. The number of aromatic nitrogens is 1. The summed E-state index contributed by atoms with van der Waals surface area (Å²) in [7, 11) is 0. The van der Waals surface area contributed by atoms with Crippen molar-refractivity contribution < 1.29 is 0 Å². The fourth-order valence-electron chi connectivity index (χ4n) is 0.299. The molecule has 1 heterocycles. The predicted octanol–water partition coefficient (Wildman–Crippen LogP) is 1.16. The molecular weight excluding hydrogens is 146 g/mol. The molecular formula is C4H2ClNOS. The first-order valence-corrected chi connectivity index (χ1v) is 3.16. The minimum atomic E-state index is -0.284. The maximum Gasteiger partial charge on any atom is 0.272 e. The maximum absolute atomic E-state index is 10.3. The van der Waals surface area contributed by atoms with Gasteiger partial charge >= 0.3 is 0 Å². The van der Waals surface area contributed by atoms with Crippen molar-refractivity contribution in [3.8, 4) is 0 Å². The average Bonchev–Trinajstić information content (AvgIpc) is 1.64. The molecule has 1 rings (SSSR count). The molecule has 8 heavy (non-hydrogen) atoms. The first kappa shape index (κ1) is 5.72. The second-order valence-corrected chi connectivity index (χ2v) is 2.60. The first-order chi connectivity index (χ1) is 3.79. The summed E-state index contributed by atoms with van der Waals surface area (Å²) in [5.74, 6) is 0. The molecule has 0 atom stereocenters. The minimum absolute atomic E-state index is 0.284. The average molecular weight is 148 g/mol. The molecule has 1 aromatic rings. The van der Waals surface area contributed by atoms with Crippen LogP contribution in [-0.4, -0.2) is 4.98 Å². The van der Waals surface area contributed by atoms with Gasteiger partial charge in [0, 0.05) is 6.07 Å². The van der Waals surface area contributed by atoms with Crippen LogP contribution in [0.15, 0.2) is 16.2 Å². The standard InChI is InChI=1S/C4H2ClNOS/c5-4-6-3(7)1-2-8-4/h1-2H. The van der Waals surface area contributed by atoms with Gasteiger partial charge in [0.1, 0.15) is 0 Å². The Balaban J connectivity index is 3.28. The summed E-state index contributed by atoms with van der Waals surface area (Å²) in [5.41, 5.74) is -0.284. The molecule has 4 heteroatoms. The molecule has 2 nitrogen and oxygen atoms in total. The zero-order valence-electron chi connectivity index (χ0n) is 3.80. The Morgan fingerprint density at radius 2 is 2.50 bits per heavy atom. The minimum Gasteiger partial charge on any atom is -0.267 e. The van der Waals surface area contributed by atoms with Gasteiger partial charge in [-0.3, -0.25) is 4.79 Å². The molecule has 0 spiro atoms. The Morgan fingerprint density at radius 3 is 2.88 bits per heavy atom. The topological polar surface area (TPSA) is 30.0 Å². The maximum atomic E-state index is 10.3. The van der Waals surface area contributed by atoms with E-state index in [2.05, 4.69) is 4.98 Å². The highest BCUT2D eigenvalue weighted by molar-refractivity contribution is 7.13. The summed E-state index contributed by atoms with van der Waals surface area (Å²) in [4.78, 5) is 13.7. The summed E-state index contributed by atoms with van der Waals surface area (Å²) < 4.78 is 0.289. The second kappa shape index (κ2) is 2.24. The van der Waals surface area contributed by atoms with Gasteiger partial charge in [0.05, 0.1) is 0 Å². The number of halogens is 1. The van der Waals surface area contributed by atoms with Crippen LogP contribution in [0, 0.1) is 0 Å². The third-order valence-electron chi connectivity index (χ3n) is 0.574. The van der Waals surface area contributed by atoms with Crippen molar-refractivity contribution in [2.45, 2.75) is 0 Å². The lowest BCUT2D eigenvalue weighted by Crippen LogP contribution is -1.99. The Labute approximate surface area is 54.8 Å². The Hall–Kier alpha value is -0.410. The van der Waals surface area contributed by atoms with Gasteiger partial charge in [-0.15, -0.1) is 11.3 Å². The van der Waals surface area contributed by atoms with Gasteiger partial charge in [-0.05, 0) is 5.38 Å². The van der Waals surface area contributed by atoms with Crippen LogP contribution in [0.1, 0.15) is 0 Å². The van der Waals surface area contributed by atoms with Crippen LogP contribution in [-0.2, 0) is 0 Å². The van der Waals surface area contributed by atoms with Gasteiger partial charge in [-0.2, -0.15) is 4.98 Å². The van der Waals surface area contributed by atoms with Crippen LogP contribution in [0.2, 0.25) is 4.47 Å². The van der Waals surface area contributed by atoms with Gasteiger partial charge in [0.2, 0.25) is 0 Å². The molecule has 0 unspecified atom stereocenters. The molecule has 0 amide bonds. The van der Waals surface area contributed by atoms with Gasteiger partial charge in [0.15, 0.2) is 4.47 Å². The molecule has 0 aliphatic heterocycles. The third kappa shape index (κ3) is 1.28.